The number of ether oxygens (including phenoxy) is 1. The summed E-state index contributed by atoms with van der Waals surface area (Å²) in [6.07, 6.45) is 0.665. The lowest BCUT2D eigenvalue weighted by atomic mass is 10.1. The summed E-state index contributed by atoms with van der Waals surface area (Å²) >= 11 is 6.23. The van der Waals surface area contributed by atoms with Gasteiger partial charge in [-0.2, -0.15) is 0 Å². The Morgan fingerprint density at radius 2 is 1.68 bits per heavy atom. The summed E-state index contributed by atoms with van der Waals surface area (Å²) in [5, 5.41) is 2.97. The van der Waals surface area contributed by atoms with Crippen LogP contribution in [-0.2, 0) is 16.4 Å². The summed E-state index contributed by atoms with van der Waals surface area (Å²) in [7, 11) is -2.17. The third-order valence-corrected chi connectivity index (χ3v) is 6.36. The van der Waals surface area contributed by atoms with E-state index in [2.05, 4.69) is 10.0 Å². The summed E-state index contributed by atoms with van der Waals surface area (Å²) in [6, 6.07) is 18.6. The monoisotopic (exact) mass is 458 g/mol. The second-order valence-electron chi connectivity index (χ2n) is 6.97. The van der Waals surface area contributed by atoms with E-state index in [9.17, 15) is 13.2 Å². The maximum absolute atomic E-state index is 12.5. The number of nitrogens with one attached hydrogen (secondary N) is 2. The first-order chi connectivity index (χ1) is 14.8. The summed E-state index contributed by atoms with van der Waals surface area (Å²) in [5.41, 5.74) is 2.58. The topological polar surface area (TPSA) is 84.5 Å². The number of carbonyl (C=O) groups is 1. The molecule has 162 valence electrons. The van der Waals surface area contributed by atoms with Gasteiger partial charge >= 0.3 is 0 Å². The molecule has 0 saturated carbocycles. The molecule has 31 heavy (non-hydrogen) atoms. The van der Waals surface area contributed by atoms with E-state index in [1.807, 2.05) is 31.2 Å². The van der Waals surface area contributed by atoms with Gasteiger partial charge in [0.15, 0.2) is 0 Å². The van der Waals surface area contributed by atoms with E-state index < -0.39 is 10.0 Å². The SMILES string of the molecule is COc1ccc(CCNC(=O)c2ccc(NS(=O)(=O)c3ccc(C)cc3)c(Cl)c2)cc1. The first kappa shape index (κ1) is 22.7. The van der Waals surface area contributed by atoms with Crippen molar-refractivity contribution in [1.29, 1.82) is 0 Å². The molecule has 0 radical (unpaired) electrons. The summed E-state index contributed by atoms with van der Waals surface area (Å²) in [6.45, 7) is 2.33. The first-order valence-electron chi connectivity index (χ1n) is 9.58. The van der Waals surface area contributed by atoms with Crippen LogP contribution in [0.3, 0.4) is 0 Å². The van der Waals surface area contributed by atoms with Crippen molar-refractivity contribution < 1.29 is 17.9 Å². The number of methoxy groups -OCH3 is 1. The van der Waals surface area contributed by atoms with Crippen molar-refractivity contribution >= 4 is 33.2 Å². The fourth-order valence-corrected chi connectivity index (χ4v) is 4.24. The minimum absolute atomic E-state index is 0.134. The molecule has 0 atom stereocenters. The molecule has 3 rings (SSSR count). The first-order valence-corrected chi connectivity index (χ1v) is 11.4. The lowest BCUT2D eigenvalue weighted by molar-refractivity contribution is 0.0954. The number of amides is 1. The number of hydrogen-bond acceptors (Lipinski definition) is 4. The van der Waals surface area contributed by atoms with E-state index in [0.29, 0.717) is 18.5 Å². The average Bonchev–Trinajstić information content (AvgIpc) is 2.75. The Balaban J connectivity index is 1.61. The molecule has 0 heterocycles. The molecule has 3 aromatic rings. The average molecular weight is 459 g/mol. The lowest BCUT2D eigenvalue weighted by Crippen LogP contribution is -2.25. The molecule has 0 aliphatic rings. The number of carbonyl (C=O) groups excluding carboxylic acids is 1. The Hall–Kier alpha value is -3.03. The number of aryl methyl sites for hydroxylation is 1. The van der Waals surface area contributed by atoms with E-state index in [-0.39, 0.29) is 21.5 Å². The molecule has 8 heteroatoms. The van der Waals surface area contributed by atoms with Crippen molar-refractivity contribution in [3.05, 3.63) is 88.4 Å². The normalized spacial score (nSPS) is 11.1. The van der Waals surface area contributed by atoms with Crippen molar-refractivity contribution in [3.8, 4) is 5.75 Å². The highest BCUT2D eigenvalue weighted by molar-refractivity contribution is 7.92. The molecule has 0 fully saturated rings. The number of halogens is 1. The summed E-state index contributed by atoms with van der Waals surface area (Å²) in [5.74, 6) is 0.490. The molecule has 0 spiro atoms. The number of sulfonamides is 1. The predicted molar refractivity (Wildman–Crippen MR) is 122 cm³/mol. The molecule has 0 unspecified atom stereocenters. The molecule has 6 nitrogen and oxygen atoms in total. The number of hydrogen-bond donors (Lipinski definition) is 2. The van der Waals surface area contributed by atoms with Crippen LogP contribution in [0.25, 0.3) is 0 Å². The standard InChI is InChI=1S/C23H23ClN2O4S/c1-16-3-10-20(11-4-16)31(28,29)26-22-12-7-18(15-21(22)24)23(27)25-14-13-17-5-8-19(30-2)9-6-17/h3-12,15,26H,13-14H2,1-2H3,(H,25,27). The zero-order valence-electron chi connectivity index (χ0n) is 17.2. The van der Waals surface area contributed by atoms with E-state index in [0.717, 1.165) is 16.9 Å². The smallest absolute Gasteiger partial charge is 0.261 e. The Kier molecular flexibility index (Phi) is 7.20. The summed E-state index contributed by atoms with van der Waals surface area (Å²) in [4.78, 5) is 12.5. The predicted octanol–water partition coefficient (Wildman–Crippen LogP) is 4.43. The quantitative estimate of drug-likeness (QED) is 0.523. The van der Waals surface area contributed by atoms with Crippen molar-refractivity contribution in [2.75, 3.05) is 18.4 Å². The van der Waals surface area contributed by atoms with Crippen molar-refractivity contribution in [2.24, 2.45) is 0 Å². The van der Waals surface area contributed by atoms with Gasteiger partial charge in [0, 0.05) is 12.1 Å². The highest BCUT2D eigenvalue weighted by Gasteiger charge is 2.16. The van der Waals surface area contributed by atoms with Gasteiger partial charge < -0.3 is 10.1 Å². The molecular weight excluding hydrogens is 436 g/mol. The fraction of sp³-hybridized carbons (Fsp3) is 0.174. The van der Waals surface area contributed by atoms with Gasteiger partial charge in [0.1, 0.15) is 5.75 Å². The zero-order valence-corrected chi connectivity index (χ0v) is 18.8. The molecule has 0 aliphatic heterocycles. The number of anilines is 1. The van der Waals surface area contributed by atoms with Crippen LogP contribution in [-0.4, -0.2) is 28.0 Å². The molecule has 3 aromatic carbocycles. The Bertz CT molecular complexity index is 1160. The fourth-order valence-electron chi connectivity index (χ4n) is 2.87. The summed E-state index contributed by atoms with van der Waals surface area (Å²) < 4.78 is 32.7. The van der Waals surface area contributed by atoms with Crippen molar-refractivity contribution in [1.82, 2.24) is 5.32 Å². The lowest BCUT2D eigenvalue weighted by Gasteiger charge is -2.11. The van der Waals surface area contributed by atoms with Crippen molar-refractivity contribution in [2.45, 2.75) is 18.2 Å². The van der Waals surface area contributed by atoms with E-state index >= 15 is 0 Å². The van der Waals surface area contributed by atoms with E-state index in [1.165, 1.54) is 30.3 Å². The molecule has 0 bridgehead atoms. The van der Waals surface area contributed by atoms with E-state index in [4.69, 9.17) is 16.3 Å². The van der Waals surface area contributed by atoms with Gasteiger partial charge in [0.25, 0.3) is 15.9 Å². The molecule has 0 aliphatic carbocycles. The van der Waals surface area contributed by atoms with Crippen LogP contribution in [0.4, 0.5) is 5.69 Å². The van der Waals surface area contributed by atoms with Crippen LogP contribution in [0.5, 0.6) is 5.75 Å². The van der Waals surface area contributed by atoms with Crippen LogP contribution in [0.2, 0.25) is 5.02 Å². The van der Waals surface area contributed by atoms with Gasteiger partial charge in [0.05, 0.1) is 22.7 Å². The van der Waals surface area contributed by atoms with Gasteiger partial charge in [-0.25, -0.2) is 8.42 Å². The van der Waals surface area contributed by atoms with E-state index in [1.54, 1.807) is 19.2 Å². The molecule has 0 aromatic heterocycles. The third-order valence-electron chi connectivity index (χ3n) is 4.67. The van der Waals surface area contributed by atoms with Crippen LogP contribution < -0.4 is 14.8 Å². The van der Waals surface area contributed by atoms with Crippen LogP contribution in [0.15, 0.2) is 71.6 Å². The Labute approximate surface area is 187 Å². The molecule has 0 saturated heterocycles. The highest BCUT2D eigenvalue weighted by atomic mass is 35.5. The van der Waals surface area contributed by atoms with Gasteiger partial charge in [-0.3, -0.25) is 9.52 Å². The van der Waals surface area contributed by atoms with Crippen LogP contribution >= 0.6 is 11.6 Å². The number of benzene rings is 3. The Morgan fingerprint density at radius 1 is 1.00 bits per heavy atom. The minimum Gasteiger partial charge on any atom is -0.497 e. The maximum atomic E-state index is 12.5. The van der Waals surface area contributed by atoms with Gasteiger partial charge in [-0.15, -0.1) is 0 Å². The van der Waals surface area contributed by atoms with Crippen molar-refractivity contribution in [3.63, 3.8) is 0 Å². The van der Waals surface area contributed by atoms with Gasteiger partial charge in [0.2, 0.25) is 0 Å². The van der Waals surface area contributed by atoms with Gasteiger partial charge in [-0.1, -0.05) is 41.4 Å². The minimum atomic E-state index is -3.78. The van der Waals surface area contributed by atoms with Crippen LogP contribution in [0, 0.1) is 6.92 Å². The third kappa shape index (κ3) is 5.99. The Morgan fingerprint density at radius 3 is 2.29 bits per heavy atom. The second-order valence-corrected chi connectivity index (χ2v) is 9.06. The van der Waals surface area contributed by atoms with Crippen LogP contribution in [0.1, 0.15) is 21.5 Å². The maximum Gasteiger partial charge on any atom is 0.261 e. The van der Waals surface area contributed by atoms with Gasteiger partial charge in [-0.05, 0) is 61.4 Å². The second kappa shape index (κ2) is 9.85. The zero-order chi connectivity index (χ0) is 22.4. The number of rotatable bonds is 8. The largest absolute Gasteiger partial charge is 0.497 e. The molecular formula is C23H23ClN2O4S. The molecule has 1 amide bonds. The molecule has 2 N–H and O–H groups in total. The highest BCUT2D eigenvalue weighted by Crippen LogP contribution is 2.26.